The number of nitrogens with zero attached hydrogens (tertiary/aromatic N) is 2. The quantitative estimate of drug-likeness (QED) is 0.460. The number of carbonyl (C=O) groups excluding carboxylic acids is 2. The third-order valence-corrected chi connectivity index (χ3v) is 4.58. The molecule has 0 spiro atoms. The Bertz CT molecular complexity index is 897. The summed E-state index contributed by atoms with van der Waals surface area (Å²) in [6, 6.07) is 11.5. The van der Waals surface area contributed by atoms with Gasteiger partial charge in [-0.3, -0.25) is 19.7 Å². The molecule has 1 heterocycles. The summed E-state index contributed by atoms with van der Waals surface area (Å²) >= 11 is 0. The van der Waals surface area contributed by atoms with E-state index in [1.165, 1.54) is 18.2 Å². The molecule has 1 aliphatic rings. The molecule has 0 radical (unpaired) electrons. The molecule has 0 aliphatic carbocycles. The van der Waals surface area contributed by atoms with Gasteiger partial charge in [0.2, 0.25) is 5.91 Å². The maximum absolute atomic E-state index is 12.4. The molecule has 0 bridgehead atoms. The first kappa shape index (κ1) is 18.4. The second kappa shape index (κ2) is 7.86. The zero-order valence-corrected chi connectivity index (χ0v) is 14.7. The molecule has 0 atom stereocenters. The van der Waals surface area contributed by atoms with E-state index >= 15 is 0 Å². The lowest BCUT2D eigenvalue weighted by molar-refractivity contribution is -0.383. The van der Waals surface area contributed by atoms with Crippen molar-refractivity contribution in [3.05, 3.63) is 69.3 Å². The summed E-state index contributed by atoms with van der Waals surface area (Å²) in [5.74, 6) is -0.284. The molecule has 2 amide bonds. The van der Waals surface area contributed by atoms with E-state index in [0.29, 0.717) is 13.0 Å². The predicted octanol–water partition coefficient (Wildman–Crippen LogP) is 2.23. The van der Waals surface area contributed by atoms with Gasteiger partial charge in [0.1, 0.15) is 5.69 Å². The SMILES string of the molecule is Nc1ccc(C(=O)NCc2ccccc2CN2CCCC2=O)cc1[N+](=O)[O-]. The zero-order chi connectivity index (χ0) is 19.4. The minimum Gasteiger partial charge on any atom is -0.393 e. The van der Waals surface area contributed by atoms with Gasteiger partial charge in [0, 0.05) is 37.7 Å². The third kappa shape index (κ3) is 4.22. The summed E-state index contributed by atoms with van der Waals surface area (Å²) in [5, 5.41) is 13.7. The van der Waals surface area contributed by atoms with Crippen molar-refractivity contribution in [2.45, 2.75) is 25.9 Å². The lowest BCUT2D eigenvalue weighted by Gasteiger charge is -2.18. The Morgan fingerprint density at radius 2 is 1.96 bits per heavy atom. The molecule has 8 nitrogen and oxygen atoms in total. The maximum atomic E-state index is 12.4. The van der Waals surface area contributed by atoms with Crippen molar-refractivity contribution in [2.75, 3.05) is 12.3 Å². The molecule has 3 N–H and O–H groups in total. The topological polar surface area (TPSA) is 119 Å². The highest BCUT2D eigenvalue weighted by molar-refractivity contribution is 5.95. The standard InChI is InChI=1S/C19H20N4O4/c20-16-8-7-13(10-17(16)23(26)27)19(25)21-11-14-4-1-2-5-15(14)12-22-9-3-6-18(22)24/h1-2,4-5,7-8,10H,3,6,9,11-12,20H2,(H,21,25). The molecule has 1 aliphatic heterocycles. The number of amides is 2. The fourth-order valence-electron chi connectivity index (χ4n) is 3.08. The monoisotopic (exact) mass is 368 g/mol. The highest BCUT2D eigenvalue weighted by Crippen LogP contribution is 2.22. The molecule has 3 rings (SSSR count). The first-order valence-corrected chi connectivity index (χ1v) is 8.62. The number of carbonyl (C=O) groups is 2. The van der Waals surface area contributed by atoms with Crippen LogP contribution in [0, 0.1) is 10.1 Å². The number of rotatable bonds is 6. The summed E-state index contributed by atoms with van der Waals surface area (Å²) in [6.45, 7) is 1.52. The molecule has 0 aromatic heterocycles. The maximum Gasteiger partial charge on any atom is 0.292 e. The number of nitrogens with one attached hydrogen (secondary N) is 1. The van der Waals surface area contributed by atoms with E-state index in [-0.39, 0.29) is 29.4 Å². The van der Waals surface area contributed by atoms with Gasteiger partial charge in [-0.05, 0) is 29.7 Å². The van der Waals surface area contributed by atoms with E-state index in [1.807, 2.05) is 29.2 Å². The van der Waals surface area contributed by atoms with Crippen LogP contribution in [0.25, 0.3) is 0 Å². The Kier molecular flexibility index (Phi) is 5.35. The van der Waals surface area contributed by atoms with Crippen molar-refractivity contribution >= 4 is 23.2 Å². The molecule has 2 aromatic rings. The third-order valence-electron chi connectivity index (χ3n) is 4.58. The zero-order valence-electron chi connectivity index (χ0n) is 14.7. The molecule has 0 unspecified atom stereocenters. The number of nitrogen functional groups attached to an aromatic ring is 1. The minimum absolute atomic E-state index is 0.0113. The van der Waals surface area contributed by atoms with E-state index in [9.17, 15) is 19.7 Å². The van der Waals surface area contributed by atoms with Crippen LogP contribution in [0.3, 0.4) is 0 Å². The molecular formula is C19H20N4O4. The Balaban J connectivity index is 1.70. The fourth-order valence-corrected chi connectivity index (χ4v) is 3.08. The average Bonchev–Trinajstić information content (AvgIpc) is 3.05. The minimum atomic E-state index is -0.617. The number of benzene rings is 2. The van der Waals surface area contributed by atoms with Crippen molar-refractivity contribution < 1.29 is 14.5 Å². The van der Waals surface area contributed by atoms with Crippen LogP contribution in [0.4, 0.5) is 11.4 Å². The number of nitro benzene ring substituents is 1. The number of hydrogen-bond acceptors (Lipinski definition) is 5. The lowest BCUT2D eigenvalue weighted by atomic mass is 10.1. The second-order valence-electron chi connectivity index (χ2n) is 6.40. The van der Waals surface area contributed by atoms with Crippen molar-refractivity contribution in [1.29, 1.82) is 0 Å². The van der Waals surface area contributed by atoms with Crippen molar-refractivity contribution in [3.63, 3.8) is 0 Å². The first-order valence-electron chi connectivity index (χ1n) is 8.62. The van der Waals surface area contributed by atoms with Gasteiger partial charge in [0.15, 0.2) is 0 Å². The van der Waals surface area contributed by atoms with Gasteiger partial charge in [-0.1, -0.05) is 24.3 Å². The normalized spacial score (nSPS) is 13.6. The summed E-state index contributed by atoms with van der Waals surface area (Å²) in [7, 11) is 0. The molecule has 1 saturated heterocycles. The summed E-state index contributed by atoms with van der Waals surface area (Å²) in [5.41, 5.74) is 7.31. The average molecular weight is 368 g/mol. The first-order chi connectivity index (χ1) is 13.0. The number of hydrogen-bond donors (Lipinski definition) is 2. The van der Waals surface area contributed by atoms with Crippen LogP contribution in [-0.4, -0.2) is 28.2 Å². The van der Waals surface area contributed by atoms with E-state index in [4.69, 9.17) is 5.73 Å². The van der Waals surface area contributed by atoms with Crippen LogP contribution in [-0.2, 0) is 17.9 Å². The number of anilines is 1. The molecule has 1 fully saturated rings. The van der Waals surface area contributed by atoms with Gasteiger partial charge in [-0.25, -0.2) is 0 Å². The van der Waals surface area contributed by atoms with Crippen LogP contribution in [0.5, 0.6) is 0 Å². The molecule has 140 valence electrons. The highest BCUT2D eigenvalue weighted by Gasteiger charge is 2.21. The largest absolute Gasteiger partial charge is 0.393 e. The van der Waals surface area contributed by atoms with Gasteiger partial charge in [-0.2, -0.15) is 0 Å². The van der Waals surface area contributed by atoms with Crippen LogP contribution in [0.2, 0.25) is 0 Å². The number of nitro groups is 1. The van der Waals surface area contributed by atoms with Crippen LogP contribution < -0.4 is 11.1 Å². The van der Waals surface area contributed by atoms with Crippen LogP contribution in [0.1, 0.15) is 34.3 Å². The van der Waals surface area contributed by atoms with Crippen LogP contribution >= 0.6 is 0 Å². The van der Waals surface area contributed by atoms with E-state index < -0.39 is 10.8 Å². The van der Waals surface area contributed by atoms with E-state index in [1.54, 1.807) is 0 Å². The highest BCUT2D eigenvalue weighted by atomic mass is 16.6. The Labute approximate surface area is 156 Å². The van der Waals surface area contributed by atoms with Gasteiger partial charge in [-0.15, -0.1) is 0 Å². The Hall–Kier alpha value is -3.42. The fraction of sp³-hybridized carbons (Fsp3) is 0.263. The smallest absolute Gasteiger partial charge is 0.292 e. The van der Waals surface area contributed by atoms with Crippen molar-refractivity contribution in [3.8, 4) is 0 Å². The molecule has 8 heteroatoms. The Morgan fingerprint density at radius 3 is 2.63 bits per heavy atom. The molecule has 0 saturated carbocycles. The van der Waals surface area contributed by atoms with Gasteiger partial charge >= 0.3 is 0 Å². The van der Waals surface area contributed by atoms with Gasteiger partial charge in [0.25, 0.3) is 11.6 Å². The second-order valence-corrected chi connectivity index (χ2v) is 6.40. The van der Waals surface area contributed by atoms with Gasteiger partial charge < -0.3 is 16.0 Å². The summed E-state index contributed by atoms with van der Waals surface area (Å²) in [4.78, 5) is 36.4. The molecule has 27 heavy (non-hydrogen) atoms. The molecule has 2 aromatic carbocycles. The van der Waals surface area contributed by atoms with Gasteiger partial charge in [0.05, 0.1) is 4.92 Å². The van der Waals surface area contributed by atoms with Crippen LogP contribution in [0.15, 0.2) is 42.5 Å². The van der Waals surface area contributed by atoms with Crippen molar-refractivity contribution in [2.24, 2.45) is 0 Å². The number of likely N-dealkylation sites (tertiary alicyclic amines) is 1. The van der Waals surface area contributed by atoms with E-state index in [2.05, 4.69) is 5.32 Å². The van der Waals surface area contributed by atoms with E-state index in [0.717, 1.165) is 24.1 Å². The Morgan fingerprint density at radius 1 is 1.22 bits per heavy atom. The predicted molar refractivity (Wildman–Crippen MR) is 99.8 cm³/mol. The summed E-state index contributed by atoms with van der Waals surface area (Å²) in [6.07, 6.45) is 1.45. The molecular weight excluding hydrogens is 348 g/mol. The lowest BCUT2D eigenvalue weighted by Crippen LogP contribution is -2.26. The summed E-state index contributed by atoms with van der Waals surface area (Å²) < 4.78 is 0. The van der Waals surface area contributed by atoms with Crippen molar-refractivity contribution in [1.82, 2.24) is 10.2 Å². The number of nitrogens with two attached hydrogens (primary N) is 1.